The van der Waals surface area contributed by atoms with Crippen LogP contribution in [0.4, 0.5) is 17.6 Å². The molecule has 0 radical (unpaired) electrons. The van der Waals surface area contributed by atoms with E-state index in [1.165, 1.54) is 73.3 Å². The van der Waals surface area contributed by atoms with Crippen molar-refractivity contribution in [3.63, 3.8) is 0 Å². The molecule has 0 aromatic carbocycles. The van der Waals surface area contributed by atoms with E-state index in [1.807, 2.05) is 117 Å². The van der Waals surface area contributed by atoms with Gasteiger partial charge in [-0.05, 0) is 267 Å². The number of carbonyl (C=O) groups is 4. The number of nitrogens with zero attached hydrogens (tertiary/aromatic N) is 16. The minimum absolute atomic E-state index is 0.0578. The van der Waals surface area contributed by atoms with Crippen molar-refractivity contribution >= 4 is 23.6 Å². The third kappa shape index (κ3) is 18.9. The number of aromatic nitrogens is 12. The Morgan fingerprint density at radius 2 is 0.661 bits per heavy atom. The van der Waals surface area contributed by atoms with Crippen molar-refractivity contribution in [2.75, 3.05) is 26.2 Å². The molecule has 12 atom stereocenters. The highest BCUT2D eigenvalue weighted by Gasteiger charge is 2.50. The van der Waals surface area contributed by atoms with E-state index in [1.54, 1.807) is 79.8 Å². The Bertz CT molecular complexity index is 5700. The lowest BCUT2D eigenvalue weighted by Gasteiger charge is -2.49. The van der Waals surface area contributed by atoms with E-state index in [0.29, 0.717) is 101 Å². The van der Waals surface area contributed by atoms with Gasteiger partial charge in [0.15, 0.2) is 5.82 Å². The third-order valence-electron chi connectivity index (χ3n) is 25.4. The molecule has 28 heteroatoms. The summed E-state index contributed by atoms with van der Waals surface area (Å²) in [6, 6.07) is 37.0. The van der Waals surface area contributed by atoms with Gasteiger partial charge < -0.3 is 38.5 Å². The molecule has 12 aliphatic rings. The number of halogens is 4. The monoisotopic (exact) mass is 1710 g/mol. The van der Waals surface area contributed by atoms with E-state index in [-0.39, 0.29) is 118 Å². The molecule has 12 fully saturated rings. The van der Waals surface area contributed by atoms with Crippen molar-refractivity contribution in [1.29, 1.82) is 0 Å². The topological polar surface area (TPSA) is 273 Å². The molecule has 0 N–H and O–H groups in total. The van der Waals surface area contributed by atoms with Crippen LogP contribution < -0.4 is 18.9 Å². The maximum Gasteiger partial charge on any atom is 0.273 e. The first kappa shape index (κ1) is 85.8. The minimum atomic E-state index is -0.496. The van der Waals surface area contributed by atoms with Crippen LogP contribution in [0.2, 0.25) is 0 Å². The number of ether oxygens (including phenoxy) is 4. The van der Waals surface area contributed by atoms with Crippen molar-refractivity contribution in [3.8, 4) is 68.7 Å². The van der Waals surface area contributed by atoms with Crippen molar-refractivity contribution in [2.24, 2.45) is 23.7 Å². The summed E-state index contributed by atoms with van der Waals surface area (Å²) in [6.45, 7) is 16.1. The summed E-state index contributed by atoms with van der Waals surface area (Å²) in [4.78, 5) is 114. The number of pyridine rings is 12. The number of hydrogen-bond donors (Lipinski definition) is 0. The summed E-state index contributed by atoms with van der Waals surface area (Å²) in [5, 5.41) is 0. The summed E-state index contributed by atoms with van der Waals surface area (Å²) < 4.78 is 82.8. The molecule has 8 aliphatic heterocycles. The average molecular weight is 1720 g/mol. The van der Waals surface area contributed by atoms with Gasteiger partial charge in [0.05, 0.1) is 29.7 Å². The fourth-order valence-electron chi connectivity index (χ4n) is 19.2. The molecular formula is C99H98F4N16O8. The van der Waals surface area contributed by atoms with Gasteiger partial charge in [-0.1, -0.05) is 24.3 Å². The van der Waals surface area contributed by atoms with E-state index in [0.717, 1.165) is 110 Å². The molecule has 24 rings (SSSR count). The summed E-state index contributed by atoms with van der Waals surface area (Å²) >= 11 is 0. The maximum absolute atomic E-state index is 14.6. The van der Waals surface area contributed by atoms with Crippen molar-refractivity contribution in [2.45, 2.75) is 174 Å². The van der Waals surface area contributed by atoms with E-state index >= 15 is 0 Å². The van der Waals surface area contributed by atoms with Gasteiger partial charge in [-0.2, -0.15) is 0 Å². The highest BCUT2D eigenvalue weighted by Crippen LogP contribution is 2.45. The fraction of sp³-hybridized carbons (Fsp3) is 0.354. The molecule has 12 aromatic heterocycles. The van der Waals surface area contributed by atoms with Gasteiger partial charge in [-0.15, -0.1) is 0 Å². The molecule has 8 saturated heterocycles. The van der Waals surface area contributed by atoms with Crippen molar-refractivity contribution in [1.82, 2.24) is 79.4 Å². The predicted octanol–water partition coefficient (Wildman–Crippen LogP) is 17.2. The zero-order chi connectivity index (χ0) is 88.1. The Morgan fingerprint density at radius 1 is 0.315 bits per heavy atom. The predicted molar refractivity (Wildman–Crippen MR) is 466 cm³/mol. The number of fused-ring (bicyclic) bond motifs is 12. The lowest BCUT2D eigenvalue weighted by Crippen LogP contribution is -2.59. The maximum atomic E-state index is 14.6. The van der Waals surface area contributed by atoms with Gasteiger partial charge in [0.1, 0.15) is 87.4 Å². The second kappa shape index (κ2) is 37.8. The molecule has 20 heterocycles. The number of rotatable bonds is 16. The molecule has 0 spiro atoms. The Kier molecular flexibility index (Phi) is 25.5. The number of aryl methyl sites for hydroxylation is 7. The number of piperidine rings is 8. The molecule has 4 amide bonds. The zero-order valence-corrected chi connectivity index (χ0v) is 71.7. The summed E-state index contributed by atoms with van der Waals surface area (Å²) in [5.41, 5.74) is 9.73. The summed E-state index contributed by atoms with van der Waals surface area (Å²) in [6.07, 6.45) is 28.9. The minimum Gasteiger partial charge on any atom is -0.472 e. The lowest BCUT2D eigenvalue weighted by molar-refractivity contribution is -0.0316. The molecular weight excluding hydrogens is 1620 g/mol. The van der Waals surface area contributed by atoms with E-state index in [4.69, 9.17) is 18.9 Å². The highest BCUT2D eigenvalue weighted by molar-refractivity contribution is 6.02. The zero-order valence-electron chi connectivity index (χ0n) is 71.7. The van der Waals surface area contributed by atoms with Crippen molar-refractivity contribution < 1.29 is 55.7 Å². The quantitative estimate of drug-likeness (QED) is 0.0813. The summed E-state index contributed by atoms with van der Waals surface area (Å²) in [7, 11) is 0. The molecule has 4 aliphatic carbocycles. The SMILES string of the molecule is Cc1ccc(OC2CC3CCC2N(C(=O)c2cc(C)cnc2-c2ncccc2F)C3)nc1.Cc1ccc(OC2CC3CCC2N(C(=O)c2nc(C)ccc2-c2ncccc2F)C3)nc1.Cc1ccc(OC2CC3CCC2N(C(=O)c2nccc(C)c2-c2ncccc2F)C3)nc1.Cc1ccc(OC2CC3CCC2N(C(=O)c2ncccc2-c2ncccc2F)C3)nc1. The highest BCUT2D eigenvalue weighted by atomic mass is 19.1. The molecule has 24 nitrogen and oxygen atoms in total. The molecule has 12 unspecified atom stereocenters. The van der Waals surface area contributed by atoms with Crippen LogP contribution in [0.25, 0.3) is 45.2 Å². The van der Waals surface area contributed by atoms with Crippen LogP contribution in [0, 0.1) is 95.4 Å². The Hall–Kier alpha value is -13.4. The van der Waals surface area contributed by atoms with Crippen LogP contribution in [-0.4, -0.2) is 178 Å². The molecule has 4 saturated carbocycles. The van der Waals surface area contributed by atoms with Gasteiger partial charge in [-0.3, -0.25) is 54.1 Å². The largest absolute Gasteiger partial charge is 0.472 e. The molecule has 8 bridgehead atoms. The smallest absolute Gasteiger partial charge is 0.273 e. The van der Waals surface area contributed by atoms with Crippen molar-refractivity contribution in [3.05, 3.63) is 287 Å². The van der Waals surface area contributed by atoms with Crippen LogP contribution in [0.5, 0.6) is 23.5 Å². The first-order valence-electron chi connectivity index (χ1n) is 43.5. The summed E-state index contributed by atoms with van der Waals surface area (Å²) in [5.74, 6) is 1.08. The average Bonchev–Trinajstić information content (AvgIpc) is 0.764. The molecule has 12 aromatic rings. The first-order chi connectivity index (χ1) is 61.6. The van der Waals surface area contributed by atoms with Gasteiger partial charge >= 0.3 is 0 Å². The number of amides is 4. The normalized spacial score (nSPS) is 22.2. The fourth-order valence-corrected chi connectivity index (χ4v) is 19.2. The molecule has 127 heavy (non-hydrogen) atoms. The van der Waals surface area contributed by atoms with E-state index < -0.39 is 23.3 Å². The number of hydrogen-bond acceptors (Lipinski definition) is 20. The van der Waals surface area contributed by atoms with Crippen LogP contribution >= 0.6 is 0 Å². The van der Waals surface area contributed by atoms with Crippen LogP contribution in [0.1, 0.15) is 158 Å². The van der Waals surface area contributed by atoms with Crippen LogP contribution in [0.15, 0.2) is 202 Å². The van der Waals surface area contributed by atoms with Crippen LogP contribution in [0.3, 0.4) is 0 Å². The third-order valence-corrected chi connectivity index (χ3v) is 25.4. The van der Waals surface area contributed by atoms with Gasteiger partial charge in [0, 0.05) is 141 Å². The second-order valence-electron chi connectivity index (χ2n) is 34.5. The number of carbonyl (C=O) groups excluding carboxylic acids is 4. The Balaban J connectivity index is 0.000000119. The lowest BCUT2D eigenvalue weighted by atomic mass is 9.77. The van der Waals surface area contributed by atoms with Gasteiger partial charge in [0.25, 0.3) is 23.6 Å². The first-order valence-corrected chi connectivity index (χ1v) is 43.5. The van der Waals surface area contributed by atoms with E-state index in [9.17, 15) is 36.7 Å². The second-order valence-corrected chi connectivity index (χ2v) is 34.5. The standard InChI is InChI=1S/3C25H25FN4O2.C24H23FN4O2/c1-15-5-10-22(28-13-15)32-21-12-17-7-9-20(21)30(14-17)25(31)24-18(8-6-16(2)29-24)23-19(26)4-3-11-27-23;1-15-5-8-21(29-13-15)32-20-12-17-6-7-19(20)30(14-17)25(31)24-22(16(2)9-11-28-24)23-18(26)4-3-10-27-23;1-15-5-8-22(28-12-15)32-21-11-17-6-7-20(21)30(14-17)25(31)18-10-16(2)13-29-23(18)24-19(26)4-3-9-27-24;1-15-6-9-21(28-13-15)31-20-12-16-7-8-19(20)29(14-16)24(30)23-17(4-2-10-27-23)22-18(25)5-3-11-26-22/h3-6,8,10-11,13,17,20-21H,7,9,12,14H2,1-2H3;3-5,8-11,13,17,19-20H,6-7,12,14H2,1-2H3;3-5,8-10,12-13,17,20-21H,6-7,11,14H2,1-2H3;2-6,9-11,13,16,19-20H,7-8,12,14H2,1H3. The Labute approximate surface area is 734 Å². The molecule has 650 valence electrons. The van der Waals surface area contributed by atoms with E-state index in [2.05, 4.69) is 59.8 Å². The Morgan fingerprint density at radius 3 is 1.06 bits per heavy atom. The van der Waals surface area contributed by atoms with Gasteiger partial charge in [0.2, 0.25) is 23.5 Å². The van der Waals surface area contributed by atoms with Gasteiger partial charge in [-0.25, -0.2) is 42.5 Å². The van der Waals surface area contributed by atoms with Crippen LogP contribution in [-0.2, 0) is 0 Å².